The first-order valence-electron chi connectivity index (χ1n) is 8.70. The molecule has 0 N–H and O–H groups in total. The van der Waals surface area contributed by atoms with E-state index >= 15 is 0 Å². The fourth-order valence-corrected chi connectivity index (χ4v) is 3.65. The number of ether oxygens (including phenoxy) is 1. The number of rotatable bonds is 3. The van der Waals surface area contributed by atoms with Gasteiger partial charge in [0.1, 0.15) is 0 Å². The molecular weight excluding hydrogens is 321 g/mol. The molecule has 7 heteroatoms. The van der Waals surface area contributed by atoms with Gasteiger partial charge < -0.3 is 9.64 Å². The summed E-state index contributed by atoms with van der Waals surface area (Å²) in [7, 11) is 0. The van der Waals surface area contributed by atoms with Crippen LogP contribution in [-0.4, -0.2) is 58.2 Å². The molecule has 1 spiro atoms. The highest BCUT2D eigenvalue weighted by atomic mass is 19.1. The van der Waals surface area contributed by atoms with Gasteiger partial charge in [-0.15, -0.1) is 0 Å². The van der Waals surface area contributed by atoms with Gasteiger partial charge in [-0.1, -0.05) is 0 Å². The van der Waals surface area contributed by atoms with Crippen LogP contribution in [0.25, 0.3) is 0 Å². The maximum Gasteiger partial charge on any atom is 0.225 e. The van der Waals surface area contributed by atoms with E-state index in [1.165, 1.54) is 18.0 Å². The lowest BCUT2D eigenvalue weighted by atomic mass is 9.89. The quantitative estimate of drug-likeness (QED) is 0.848. The van der Waals surface area contributed by atoms with Crippen molar-refractivity contribution in [1.82, 2.24) is 19.9 Å². The largest absolute Gasteiger partial charge is 0.371 e. The number of likely N-dealkylation sites (tertiary alicyclic amines) is 1. The van der Waals surface area contributed by atoms with Crippen LogP contribution < -0.4 is 4.90 Å². The summed E-state index contributed by atoms with van der Waals surface area (Å²) in [5, 5.41) is 0. The zero-order chi connectivity index (χ0) is 17.1. The third-order valence-electron chi connectivity index (χ3n) is 5.06. The average Bonchev–Trinajstić information content (AvgIpc) is 2.66. The molecule has 0 aromatic carbocycles. The first-order valence-corrected chi connectivity index (χ1v) is 8.70. The van der Waals surface area contributed by atoms with Crippen molar-refractivity contribution in [2.75, 3.05) is 37.7 Å². The number of aromatic nitrogens is 3. The van der Waals surface area contributed by atoms with Gasteiger partial charge in [-0.05, 0) is 30.5 Å². The van der Waals surface area contributed by atoms with E-state index in [0.717, 1.165) is 45.6 Å². The van der Waals surface area contributed by atoms with Gasteiger partial charge in [0.2, 0.25) is 5.95 Å². The molecule has 132 valence electrons. The molecule has 2 aromatic heterocycles. The smallest absolute Gasteiger partial charge is 0.225 e. The number of halogens is 1. The summed E-state index contributed by atoms with van der Waals surface area (Å²) in [5.74, 6) is 0.180. The Hall–Kier alpha value is -2.12. The molecule has 4 heterocycles. The molecule has 0 saturated carbocycles. The van der Waals surface area contributed by atoms with Gasteiger partial charge in [-0.25, -0.2) is 14.4 Å². The third kappa shape index (κ3) is 3.77. The molecule has 2 aliphatic heterocycles. The zero-order valence-electron chi connectivity index (χ0n) is 14.1. The molecule has 0 bridgehead atoms. The van der Waals surface area contributed by atoms with Crippen molar-refractivity contribution in [2.24, 2.45) is 0 Å². The molecule has 2 saturated heterocycles. The Bertz CT molecular complexity index is 688. The molecule has 2 aromatic rings. The molecule has 0 aliphatic carbocycles. The van der Waals surface area contributed by atoms with Crippen molar-refractivity contribution in [3.8, 4) is 0 Å². The van der Waals surface area contributed by atoms with Gasteiger partial charge in [0, 0.05) is 38.6 Å². The lowest BCUT2D eigenvalue weighted by molar-refractivity contribution is -0.0924. The first kappa shape index (κ1) is 16.4. The molecule has 2 aliphatic rings. The number of hydrogen-bond acceptors (Lipinski definition) is 6. The normalized spacial score (nSPS) is 20.8. The van der Waals surface area contributed by atoms with Gasteiger partial charge in [0.05, 0.1) is 31.1 Å². The monoisotopic (exact) mass is 343 g/mol. The zero-order valence-corrected chi connectivity index (χ0v) is 14.1. The van der Waals surface area contributed by atoms with Crippen molar-refractivity contribution in [1.29, 1.82) is 0 Å². The number of piperidine rings is 1. The van der Waals surface area contributed by atoms with Crippen molar-refractivity contribution >= 4 is 5.95 Å². The van der Waals surface area contributed by atoms with Gasteiger partial charge in [0.15, 0.2) is 5.82 Å². The van der Waals surface area contributed by atoms with Crippen LogP contribution in [0.4, 0.5) is 10.3 Å². The van der Waals surface area contributed by atoms with Crippen LogP contribution in [0, 0.1) is 5.82 Å². The van der Waals surface area contributed by atoms with Crippen LogP contribution in [0.15, 0.2) is 36.9 Å². The highest BCUT2D eigenvalue weighted by Gasteiger charge is 2.40. The van der Waals surface area contributed by atoms with Crippen LogP contribution in [-0.2, 0) is 11.3 Å². The lowest BCUT2D eigenvalue weighted by Gasteiger charge is -2.47. The third-order valence-corrected chi connectivity index (χ3v) is 5.06. The molecule has 0 unspecified atom stereocenters. The second-order valence-electron chi connectivity index (χ2n) is 6.79. The summed E-state index contributed by atoms with van der Waals surface area (Å²) in [6.45, 7) is 5.12. The highest BCUT2D eigenvalue weighted by Crippen LogP contribution is 2.31. The molecule has 4 rings (SSSR count). The number of nitrogens with zero attached hydrogens (tertiary/aromatic N) is 5. The lowest BCUT2D eigenvalue weighted by Crippen LogP contribution is -2.57. The van der Waals surface area contributed by atoms with Gasteiger partial charge in [-0.3, -0.25) is 9.88 Å². The molecule has 0 atom stereocenters. The van der Waals surface area contributed by atoms with E-state index in [4.69, 9.17) is 4.74 Å². The van der Waals surface area contributed by atoms with Crippen molar-refractivity contribution in [3.63, 3.8) is 0 Å². The Morgan fingerprint density at radius 2 is 1.80 bits per heavy atom. The Morgan fingerprint density at radius 3 is 2.52 bits per heavy atom. The van der Waals surface area contributed by atoms with Gasteiger partial charge in [0.25, 0.3) is 0 Å². The minimum atomic E-state index is -0.406. The Balaban J connectivity index is 1.37. The van der Waals surface area contributed by atoms with E-state index in [-0.39, 0.29) is 5.60 Å². The van der Waals surface area contributed by atoms with Crippen LogP contribution in [0.2, 0.25) is 0 Å². The fraction of sp³-hybridized carbons (Fsp3) is 0.500. The number of hydrogen-bond donors (Lipinski definition) is 0. The standard InChI is InChI=1S/C18H22FN5O/c19-16-11-21-17(22-12-16)24-9-10-25-18(14-24)3-7-23(8-4-18)13-15-1-5-20-6-2-15/h1-2,5-6,11-12H,3-4,7-10,13-14H2. The number of morpholine rings is 1. The van der Waals surface area contributed by atoms with Gasteiger partial charge >= 0.3 is 0 Å². The summed E-state index contributed by atoms with van der Waals surface area (Å²) < 4.78 is 19.2. The topological polar surface area (TPSA) is 54.4 Å². The summed E-state index contributed by atoms with van der Waals surface area (Å²) >= 11 is 0. The summed E-state index contributed by atoms with van der Waals surface area (Å²) in [6.07, 6.45) is 8.09. The van der Waals surface area contributed by atoms with Crippen molar-refractivity contribution < 1.29 is 9.13 Å². The maximum absolute atomic E-state index is 13.0. The molecular formula is C18H22FN5O. The molecule has 25 heavy (non-hydrogen) atoms. The minimum absolute atomic E-state index is 0.148. The first-order chi connectivity index (χ1) is 12.2. The predicted octanol–water partition coefficient (Wildman–Crippen LogP) is 1.88. The predicted molar refractivity (Wildman–Crippen MR) is 91.6 cm³/mol. The second-order valence-corrected chi connectivity index (χ2v) is 6.79. The summed E-state index contributed by atoms with van der Waals surface area (Å²) in [5.41, 5.74) is 1.14. The molecule has 0 amide bonds. The second kappa shape index (κ2) is 7.01. The van der Waals surface area contributed by atoms with Crippen LogP contribution >= 0.6 is 0 Å². The van der Waals surface area contributed by atoms with E-state index in [9.17, 15) is 4.39 Å². The Labute approximate surface area is 146 Å². The molecule has 0 radical (unpaired) electrons. The molecule has 2 fully saturated rings. The average molecular weight is 343 g/mol. The Morgan fingerprint density at radius 1 is 1.08 bits per heavy atom. The van der Waals surface area contributed by atoms with Crippen LogP contribution in [0.3, 0.4) is 0 Å². The van der Waals surface area contributed by atoms with E-state index in [1.807, 2.05) is 12.4 Å². The van der Waals surface area contributed by atoms with E-state index in [2.05, 4.69) is 36.9 Å². The van der Waals surface area contributed by atoms with Crippen LogP contribution in [0.5, 0.6) is 0 Å². The fourth-order valence-electron chi connectivity index (χ4n) is 3.65. The van der Waals surface area contributed by atoms with E-state index in [1.54, 1.807) is 0 Å². The Kier molecular flexibility index (Phi) is 4.59. The summed E-state index contributed by atoms with van der Waals surface area (Å²) in [4.78, 5) is 16.9. The SMILES string of the molecule is Fc1cnc(N2CCOC3(CCN(Cc4ccncc4)CC3)C2)nc1. The summed E-state index contributed by atoms with van der Waals surface area (Å²) in [6, 6.07) is 4.13. The highest BCUT2D eigenvalue weighted by molar-refractivity contribution is 5.30. The van der Waals surface area contributed by atoms with Crippen LogP contribution in [0.1, 0.15) is 18.4 Å². The van der Waals surface area contributed by atoms with Gasteiger partial charge in [-0.2, -0.15) is 0 Å². The number of anilines is 1. The van der Waals surface area contributed by atoms with E-state index < -0.39 is 5.82 Å². The van der Waals surface area contributed by atoms with Crippen molar-refractivity contribution in [2.45, 2.75) is 25.0 Å². The minimum Gasteiger partial charge on any atom is -0.371 e. The maximum atomic E-state index is 13.0. The molecule has 6 nitrogen and oxygen atoms in total. The van der Waals surface area contributed by atoms with E-state index in [0.29, 0.717) is 12.6 Å². The number of pyridine rings is 1. The van der Waals surface area contributed by atoms with Crippen molar-refractivity contribution in [3.05, 3.63) is 48.3 Å².